The Morgan fingerprint density at radius 2 is 1.78 bits per heavy atom. The lowest BCUT2D eigenvalue weighted by Gasteiger charge is -2.20. The van der Waals surface area contributed by atoms with E-state index in [1.54, 1.807) is 24.3 Å². The van der Waals surface area contributed by atoms with Crippen molar-refractivity contribution in [2.45, 2.75) is 52.4 Å². The van der Waals surface area contributed by atoms with Crippen molar-refractivity contribution in [2.24, 2.45) is 5.92 Å². The van der Waals surface area contributed by atoms with E-state index in [2.05, 4.69) is 19.2 Å². The van der Waals surface area contributed by atoms with Gasteiger partial charge in [0.25, 0.3) is 5.91 Å². The second-order valence-electron chi connectivity index (χ2n) is 9.04. The Morgan fingerprint density at radius 1 is 1.11 bits per heavy atom. The first-order valence-corrected chi connectivity index (χ1v) is 12.9. The number of unbranched alkanes of at least 4 members (excludes halogenated alkanes) is 1. The maximum Gasteiger partial charge on any atom is 0.329 e. The van der Waals surface area contributed by atoms with Crippen molar-refractivity contribution in [2.75, 3.05) is 39.5 Å². The molecule has 0 saturated carbocycles. The number of urea groups is 1. The molecule has 0 aliphatic carbocycles. The summed E-state index contributed by atoms with van der Waals surface area (Å²) in [6.45, 7) is 4.40. The summed E-state index contributed by atoms with van der Waals surface area (Å²) in [5.41, 5.74) is 1.49. The Hall–Kier alpha value is -3.24. The average molecular weight is 518 g/mol. The molecule has 10 heteroatoms. The van der Waals surface area contributed by atoms with Crippen molar-refractivity contribution < 1.29 is 34.1 Å². The number of benzene rings is 1. The minimum Gasteiger partial charge on any atom is -0.465 e. The second-order valence-corrected chi connectivity index (χ2v) is 9.04. The zero-order valence-corrected chi connectivity index (χ0v) is 21.8. The van der Waals surface area contributed by atoms with Crippen LogP contribution in [-0.2, 0) is 25.5 Å². The monoisotopic (exact) mass is 517 g/mol. The van der Waals surface area contributed by atoms with Gasteiger partial charge in [0.15, 0.2) is 0 Å². The Labute approximate surface area is 218 Å². The van der Waals surface area contributed by atoms with Gasteiger partial charge in [-0.05, 0) is 29.5 Å². The molecule has 2 rings (SSSR count). The number of rotatable bonds is 16. The van der Waals surface area contributed by atoms with Gasteiger partial charge in [0.2, 0.25) is 5.91 Å². The highest BCUT2D eigenvalue weighted by Crippen LogP contribution is 2.17. The SMILES string of the molecule is CCCCC(CC)COC(=O)CCN1C(=O)NC(=Cc2ccc(CC(=O)N(CCO)CCO)cc2)C1=O. The molecule has 37 heavy (non-hydrogen) atoms. The fraction of sp³-hybridized carbons (Fsp3) is 0.556. The summed E-state index contributed by atoms with van der Waals surface area (Å²) in [6.07, 6.45) is 5.68. The summed E-state index contributed by atoms with van der Waals surface area (Å²) in [4.78, 5) is 51.9. The summed E-state index contributed by atoms with van der Waals surface area (Å²) < 4.78 is 5.35. The number of nitrogens with zero attached hydrogens (tertiary/aromatic N) is 2. The average Bonchev–Trinajstić information content (AvgIpc) is 3.15. The Morgan fingerprint density at radius 3 is 2.38 bits per heavy atom. The molecule has 3 N–H and O–H groups in total. The zero-order chi connectivity index (χ0) is 27.2. The highest BCUT2D eigenvalue weighted by atomic mass is 16.5. The van der Waals surface area contributed by atoms with Crippen LogP contribution < -0.4 is 5.32 Å². The molecule has 1 aromatic carbocycles. The van der Waals surface area contributed by atoms with E-state index in [-0.39, 0.29) is 57.3 Å². The lowest BCUT2D eigenvalue weighted by molar-refractivity contribution is -0.145. The number of carbonyl (C=O) groups excluding carboxylic acids is 4. The van der Waals surface area contributed by atoms with E-state index >= 15 is 0 Å². The molecule has 1 unspecified atom stereocenters. The summed E-state index contributed by atoms with van der Waals surface area (Å²) in [7, 11) is 0. The van der Waals surface area contributed by atoms with Crippen LogP contribution in [0.1, 0.15) is 57.1 Å². The molecule has 1 fully saturated rings. The van der Waals surface area contributed by atoms with Crippen LogP contribution in [0.4, 0.5) is 4.79 Å². The molecule has 10 nitrogen and oxygen atoms in total. The van der Waals surface area contributed by atoms with E-state index in [0.717, 1.165) is 36.1 Å². The largest absolute Gasteiger partial charge is 0.465 e. The van der Waals surface area contributed by atoms with Crippen LogP contribution in [0.15, 0.2) is 30.0 Å². The number of aliphatic hydroxyl groups excluding tert-OH is 2. The van der Waals surface area contributed by atoms with Crippen molar-refractivity contribution in [1.29, 1.82) is 0 Å². The van der Waals surface area contributed by atoms with Crippen molar-refractivity contribution in [3.8, 4) is 0 Å². The minimum absolute atomic E-state index is 0.0637. The molecule has 1 atom stereocenters. The van der Waals surface area contributed by atoms with Crippen LogP contribution in [0.25, 0.3) is 6.08 Å². The third-order valence-corrected chi connectivity index (χ3v) is 6.26. The summed E-state index contributed by atoms with van der Waals surface area (Å²) >= 11 is 0. The van der Waals surface area contributed by atoms with Crippen molar-refractivity contribution in [1.82, 2.24) is 15.1 Å². The van der Waals surface area contributed by atoms with Gasteiger partial charge in [0.05, 0.1) is 32.7 Å². The maximum atomic E-state index is 12.7. The maximum absolute atomic E-state index is 12.7. The van der Waals surface area contributed by atoms with Crippen LogP contribution in [-0.4, -0.2) is 83.3 Å². The predicted molar refractivity (Wildman–Crippen MR) is 138 cm³/mol. The van der Waals surface area contributed by atoms with Crippen molar-refractivity contribution >= 4 is 29.9 Å². The number of carbonyl (C=O) groups is 4. The highest BCUT2D eigenvalue weighted by Gasteiger charge is 2.33. The second kappa shape index (κ2) is 15.8. The molecular weight excluding hydrogens is 478 g/mol. The number of hydrogen-bond donors (Lipinski definition) is 3. The minimum atomic E-state index is -0.589. The quantitative estimate of drug-likeness (QED) is 0.173. The van der Waals surface area contributed by atoms with Crippen LogP contribution in [0.5, 0.6) is 0 Å². The first kappa shape index (κ1) is 30.0. The fourth-order valence-corrected chi connectivity index (χ4v) is 3.95. The standard InChI is InChI=1S/C27H39N3O7/c1-3-5-6-20(4-2)19-37-25(34)11-12-30-26(35)23(28-27(30)36)17-21-7-9-22(10-8-21)18-24(33)29(13-15-31)14-16-32/h7-10,17,20,31-32H,3-6,11-16,18-19H2,1-2H3,(H,28,36). The van der Waals surface area contributed by atoms with E-state index in [1.807, 2.05) is 0 Å². The van der Waals surface area contributed by atoms with Gasteiger partial charge in [0.1, 0.15) is 5.70 Å². The fourth-order valence-electron chi connectivity index (χ4n) is 3.95. The van der Waals surface area contributed by atoms with Gasteiger partial charge in [-0.1, -0.05) is 57.4 Å². The summed E-state index contributed by atoms with van der Waals surface area (Å²) in [5.74, 6) is -0.850. The number of ether oxygens (including phenoxy) is 1. The third kappa shape index (κ3) is 9.62. The number of imide groups is 1. The Bertz CT molecular complexity index is 940. The molecule has 4 amide bonds. The number of amides is 4. The van der Waals surface area contributed by atoms with E-state index in [9.17, 15) is 19.2 Å². The third-order valence-electron chi connectivity index (χ3n) is 6.26. The smallest absolute Gasteiger partial charge is 0.329 e. The predicted octanol–water partition coefficient (Wildman–Crippen LogP) is 2.08. The van der Waals surface area contributed by atoms with Crippen LogP contribution in [0, 0.1) is 5.92 Å². The molecule has 0 aromatic heterocycles. The lowest BCUT2D eigenvalue weighted by Crippen LogP contribution is -2.36. The molecule has 0 radical (unpaired) electrons. The van der Waals surface area contributed by atoms with Crippen molar-refractivity contribution in [3.63, 3.8) is 0 Å². The van der Waals surface area contributed by atoms with Gasteiger partial charge < -0.3 is 25.2 Å². The van der Waals surface area contributed by atoms with Crippen molar-refractivity contribution in [3.05, 3.63) is 41.1 Å². The first-order chi connectivity index (χ1) is 17.8. The first-order valence-electron chi connectivity index (χ1n) is 12.9. The zero-order valence-electron chi connectivity index (χ0n) is 21.8. The van der Waals surface area contributed by atoms with E-state index in [0.29, 0.717) is 18.1 Å². The van der Waals surface area contributed by atoms with Gasteiger partial charge >= 0.3 is 12.0 Å². The topological polar surface area (TPSA) is 136 Å². The van der Waals surface area contributed by atoms with Gasteiger partial charge in [-0.2, -0.15) is 0 Å². The van der Waals surface area contributed by atoms with Gasteiger partial charge in [-0.3, -0.25) is 19.3 Å². The molecule has 1 aliphatic rings. The van der Waals surface area contributed by atoms with E-state index in [4.69, 9.17) is 14.9 Å². The number of aliphatic hydroxyl groups is 2. The molecular formula is C27H39N3O7. The molecule has 204 valence electrons. The van der Waals surface area contributed by atoms with Crippen LogP contribution in [0.2, 0.25) is 0 Å². The van der Waals surface area contributed by atoms with Crippen LogP contribution in [0.3, 0.4) is 0 Å². The van der Waals surface area contributed by atoms with E-state index < -0.39 is 17.9 Å². The molecule has 1 aliphatic heterocycles. The normalized spacial score (nSPS) is 15.1. The van der Waals surface area contributed by atoms with Gasteiger partial charge in [-0.25, -0.2) is 4.79 Å². The number of nitrogens with one attached hydrogen (secondary N) is 1. The molecule has 0 spiro atoms. The highest BCUT2D eigenvalue weighted by molar-refractivity contribution is 6.14. The van der Waals surface area contributed by atoms with Gasteiger partial charge in [0, 0.05) is 19.6 Å². The van der Waals surface area contributed by atoms with Gasteiger partial charge in [-0.15, -0.1) is 0 Å². The summed E-state index contributed by atoms with van der Waals surface area (Å²) in [5, 5.41) is 20.7. The molecule has 1 saturated heterocycles. The number of hydrogen-bond acceptors (Lipinski definition) is 7. The van der Waals surface area contributed by atoms with Crippen LogP contribution >= 0.6 is 0 Å². The molecule has 1 aromatic rings. The Balaban J connectivity index is 1.90. The summed E-state index contributed by atoms with van der Waals surface area (Å²) in [6, 6.07) is 6.33. The lowest BCUT2D eigenvalue weighted by atomic mass is 10.0. The molecule has 0 bridgehead atoms. The molecule has 1 heterocycles. The number of esters is 1. The van der Waals surface area contributed by atoms with E-state index in [1.165, 1.54) is 11.0 Å². The Kier molecular flexibility index (Phi) is 12.8.